The monoisotopic (exact) mass is 246 g/mol. The van der Waals surface area contributed by atoms with Gasteiger partial charge in [-0.2, -0.15) is 0 Å². The summed E-state index contributed by atoms with van der Waals surface area (Å²) in [4.78, 5) is 11.8. The summed E-state index contributed by atoms with van der Waals surface area (Å²) in [5.74, 6) is -0.604. The number of sulfone groups is 1. The van der Waals surface area contributed by atoms with Crippen molar-refractivity contribution < 1.29 is 13.2 Å². The Kier molecular flexibility index (Phi) is 3.21. The number of carbonyl (C=O) groups excluding carboxylic acids is 1. The quantitative estimate of drug-likeness (QED) is 0.604. The van der Waals surface area contributed by atoms with Crippen LogP contribution in [0, 0.1) is 0 Å². The zero-order valence-electron chi connectivity index (χ0n) is 8.40. The van der Waals surface area contributed by atoms with E-state index < -0.39 is 19.8 Å². The normalized spacial score (nSPS) is 15.7. The van der Waals surface area contributed by atoms with Crippen molar-refractivity contribution in [3.63, 3.8) is 0 Å². The van der Waals surface area contributed by atoms with Crippen LogP contribution in [0.3, 0.4) is 0 Å². The van der Waals surface area contributed by atoms with Gasteiger partial charge in [-0.3, -0.25) is 4.79 Å². The summed E-state index contributed by atoms with van der Waals surface area (Å²) < 4.78 is 20.7. The molecule has 1 aromatic carbocycles. The maximum absolute atomic E-state index is 11.8. The van der Waals surface area contributed by atoms with Crippen molar-refractivity contribution in [2.24, 2.45) is 0 Å². The van der Waals surface area contributed by atoms with Crippen molar-refractivity contribution in [2.75, 3.05) is 6.26 Å². The van der Waals surface area contributed by atoms with Gasteiger partial charge in [0.1, 0.15) is 0 Å². The molecule has 0 heterocycles. The molecule has 0 spiro atoms. The molecule has 0 aromatic heterocycles. The van der Waals surface area contributed by atoms with Crippen LogP contribution >= 0.6 is 11.6 Å². The number of ketones is 1. The van der Waals surface area contributed by atoms with Gasteiger partial charge in [0, 0.05) is 11.8 Å². The Hall–Kier alpha value is -0.870. The van der Waals surface area contributed by atoms with E-state index in [1.807, 2.05) is 0 Å². The second kappa shape index (κ2) is 3.94. The fourth-order valence-electron chi connectivity index (χ4n) is 1.02. The van der Waals surface area contributed by atoms with E-state index in [0.717, 1.165) is 6.26 Å². The van der Waals surface area contributed by atoms with Gasteiger partial charge in [-0.05, 0) is 6.92 Å². The van der Waals surface area contributed by atoms with E-state index in [9.17, 15) is 13.2 Å². The van der Waals surface area contributed by atoms with Crippen LogP contribution in [0.2, 0.25) is 0 Å². The van der Waals surface area contributed by atoms with Gasteiger partial charge >= 0.3 is 0 Å². The highest BCUT2D eigenvalue weighted by atomic mass is 35.5. The lowest BCUT2D eigenvalue weighted by atomic mass is 10.1. The maximum Gasteiger partial charge on any atom is 0.204 e. The number of halogens is 1. The Morgan fingerprint density at radius 1 is 1.27 bits per heavy atom. The van der Waals surface area contributed by atoms with Crippen molar-refractivity contribution in [2.45, 2.75) is 11.1 Å². The molecule has 0 N–H and O–H groups in total. The third-order valence-corrected chi connectivity index (χ3v) is 4.73. The SMILES string of the molecule is C[C@@](Cl)(C(=O)c1ccccc1)S(C)(=O)=O. The van der Waals surface area contributed by atoms with E-state index >= 15 is 0 Å². The molecule has 0 radical (unpaired) electrons. The number of rotatable bonds is 3. The number of alkyl halides is 1. The Morgan fingerprint density at radius 2 is 1.73 bits per heavy atom. The first kappa shape index (κ1) is 12.2. The minimum Gasteiger partial charge on any atom is -0.291 e. The molecule has 0 aliphatic heterocycles. The molecule has 0 saturated carbocycles. The molecule has 3 nitrogen and oxygen atoms in total. The highest BCUT2D eigenvalue weighted by Crippen LogP contribution is 2.26. The van der Waals surface area contributed by atoms with Gasteiger partial charge in [0.15, 0.2) is 15.6 Å². The first-order chi connectivity index (χ1) is 6.77. The van der Waals surface area contributed by atoms with E-state index in [2.05, 4.69) is 0 Å². The highest BCUT2D eigenvalue weighted by Gasteiger charge is 2.41. The molecule has 15 heavy (non-hydrogen) atoms. The Labute approximate surface area is 94.0 Å². The zero-order chi connectivity index (χ0) is 11.7. The molecule has 5 heteroatoms. The maximum atomic E-state index is 11.8. The molecule has 0 bridgehead atoms. The summed E-state index contributed by atoms with van der Waals surface area (Å²) >= 11 is 5.76. The number of Topliss-reactive ketones (excluding diaryl/α,β-unsaturated/α-hetero) is 1. The highest BCUT2D eigenvalue weighted by molar-refractivity contribution is 7.94. The smallest absolute Gasteiger partial charge is 0.204 e. The second-order valence-electron chi connectivity index (χ2n) is 3.38. The molecule has 0 unspecified atom stereocenters. The number of hydrogen-bond acceptors (Lipinski definition) is 3. The minimum absolute atomic E-state index is 0.292. The lowest BCUT2D eigenvalue weighted by molar-refractivity contribution is 0.0978. The molecule has 0 aliphatic carbocycles. The summed E-state index contributed by atoms with van der Waals surface area (Å²) in [6, 6.07) is 8.12. The van der Waals surface area contributed by atoms with Crippen LogP contribution in [0.15, 0.2) is 30.3 Å². The van der Waals surface area contributed by atoms with Crippen LogP contribution in [0.25, 0.3) is 0 Å². The molecule has 82 valence electrons. The van der Waals surface area contributed by atoms with Crippen LogP contribution in [-0.4, -0.2) is 24.7 Å². The summed E-state index contributed by atoms with van der Waals surface area (Å²) in [5, 5.41) is 0. The predicted molar refractivity (Wildman–Crippen MR) is 59.9 cm³/mol. The standard InChI is InChI=1S/C10H11ClO3S/c1-10(11,15(2,13)14)9(12)8-6-4-3-5-7-8/h3-7H,1-2H3/t10-/m0/s1. The van der Waals surface area contributed by atoms with Crippen LogP contribution < -0.4 is 0 Å². The largest absolute Gasteiger partial charge is 0.291 e. The van der Waals surface area contributed by atoms with Gasteiger partial charge in [-0.1, -0.05) is 41.9 Å². The number of carbonyl (C=O) groups is 1. The molecule has 1 rings (SSSR count). The van der Waals surface area contributed by atoms with Crippen molar-refractivity contribution in [1.82, 2.24) is 0 Å². The van der Waals surface area contributed by atoms with E-state index in [1.165, 1.54) is 19.1 Å². The van der Waals surface area contributed by atoms with Crippen LogP contribution in [0.4, 0.5) is 0 Å². The Bertz CT molecular complexity index is 463. The third kappa shape index (κ3) is 2.38. The van der Waals surface area contributed by atoms with Gasteiger partial charge in [-0.25, -0.2) is 8.42 Å². The predicted octanol–water partition coefficient (Wildman–Crippen LogP) is 1.87. The fourth-order valence-corrected chi connectivity index (χ4v) is 1.58. The van der Waals surface area contributed by atoms with Gasteiger partial charge in [0.25, 0.3) is 0 Å². The molecule has 0 amide bonds. The van der Waals surface area contributed by atoms with E-state index in [0.29, 0.717) is 5.56 Å². The van der Waals surface area contributed by atoms with Crippen molar-refractivity contribution in [1.29, 1.82) is 0 Å². The van der Waals surface area contributed by atoms with E-state index in [4.69, 9.17) is 11.6 Å². The van der Waals surface area contributed by atoms with Crippen molar-refractivity contribution in [3.05, 3.63) is 35.9 Å². The molecule has 1 atom stereocenters. The topological polar surface area (TPSA) is 51.2 Å². The molecule has 0 fully saturated rings. The zero-order valence-corrected chi connectivity index (χ0v) is 9.97. The van der Waals surface area contributed by atoms with Gasteiger partial charge in [0.05, 0.1) is 0 Å². The molecule has 0 aliphatic rings. The lowest BCUT2D eigenvalue weighted by Gasteiger charge is -2.18. The summed E-state index contributed by atoms with van der Waals surface area (Å²) in [6.07, 6.45) is 0.945. The van der Waals surface area contributed by atoms with E-state index in [1.54, 1.807) is 18.2 Å². The van der Waals surface area contributed by atoms with Gasteiger partial charge in [-0.15, -0.1) is 0 Å². The average Bonchev–Trinajstić information content (AvgIpc) is 2.16. The Balaban J connectivity index is 3.17. The first-order valence-electron chi connectivity index (χ1n) is 4.25. The van der Waals surface area contributed by atoms with Crippen LogP contribution in [0.5, 0.6) is 0 Å². The summed E-state index contributed by atoms with van der Waals surface area (Å²) in [6.45, 7) is 1.19. The van der Waals surface area contributed by atoms with E-state index in [-0.39, 0.29) is 0 Å². The first-order valence-corrected chi connectivity index (χ1v) is 6.52. The summed E-state index contributed by atoms with van der Waals surface area (Å²) in [7, 11) is -3.63. The Morgan fingerprint density at radius 3 is 2.13 bits per heavy atom. The van der Waals surface area contributed by atoms with Crippen LogP contribution in [-0.2, 0) is 9.84 Å². The third-order valence-electron chi connectivity index (χ3n) is 2.14. The number of hydrogen-bond donors (Lipinski definition) is 0. The molecule has 0 saturated heterocycles. The second-order valence-corrected chi connectivity index (χ2v) is 6.72. The molecular weight excluding hydrogens is 236 g/mol. The van der Waals surface area contributed by atoms with Crippen LogP contribution in [0.1, 0.15) is 17.3 Å². The summed E-state index contributed by atoms with van der Waals surface area (Å²) in [5.41, 5.74) is 0.292. The minimum atomic E-state index is -3.63. The van der Waals surface area contributed by atoms with Crippen molar-refractivity contribution >= 4 is 27.2 Å². The lowest BCUT2D eigenvalue weighted by Crippen LogP contribution is -2.37. The average molecular weight is 247 g/mol. The van der Waals surface area contributed by atoms with Gasteiger partial charge < -0.3 is 0 Å². The molecule has 1 aromatic rings. The fraction of sp³-hybridized carbons (Fsp3) is 0.300. The van der Waals surface area contributed by atoms with Crippen molar-refractivity contribution in [3.8, 4) is 0 Å². The van der Waals surface area contributed by atoms with Gasteiger partial charge in [0.2, 0.25) is 4.21 Å². The number of benzene rings is 1. The molecular formula is C10H11ClO3S.